The molecule has 5 heteroatoms. The third-order valence-corrected chi connectivity index (χ3v) is 2.38. The molecule has 0 aliphatic carbocycles. The van der Waals surface area contributed by atoms with Gasteiger partial charge in [-0.3, -0.25) is 15.0 Å². The molecule has 1 aromatic carbocycles. The molecule has 0 bridgehead atoms. The van der Waals surface area contributed by atoms with Crippen molar-refractivity contribution in [3.05, 3.63) is 39.4 Å². The average molecular weight is 210 g/mol. The van der Waals surface area contributed by atoms with Gasteiger partial charge in [-0.05, 0) is 31.9 Å². The maximum absolute atomic E-state index is 10.6. The first-order chi connectivity index (χ1) is 6.88. The molecule has 0 saturated heterocycles. The molecule has 1 aromatic rings. The van der Waals surface area contributed by atoms with Gasteiger partial charge in [0.15, 0.2) is 0 Å². The Labute approximate surface area is 88.0 Å². The zero-order valence-electron chi connectivity index (χ0n) is 8.98. The van der Waals surface area contributed by atoms with Crippen LogP contribution in [0.5, 0.6) is 0 Å². The summed E-state index contributed by atoms with van der Waals surface area (Å²) in [5, 5.41) is 10.6. The van der Waals surface area contributed by atoms with Crippen LogP contribution in [-0.4, -0.2) is 4.92 Å². The van der Waals surface area contributed by atoms with Crippen LogP contribution in [0.4, 0.5) is 5.69 Å². The molecule has 15 heavy (non-hydrogen) atoms. The molecule has 0 unspecified atom stereocenters. The number of hydrogen-bond acceptors (Lipinski definition) is 4. The molecule has 2 N–H and O–H groups in total. The van der Waals surface area contributed by atoms with Crippen LogP contribution in [0.25, 0.3) is 0 Å². The highest BCUT2D eigenvalue weighted by Crippen LogP contribution is 2.29. The summed E-state index contributed by atoms with van der Waals surface area (Å²) in [4.78, 5) is 15.0. The van der Waals surface area contributed by atoms with E-state index in [9.17, 15) is 10.1 Å². The largest absolute Gasteiger partial charge is 0.294 e. The molecule has 0 aliphatic heterocycles. The Bertz CT molecular complexity index is 388. The highest BCUT2D eigenvalue weighted by atomic mass is 16.6. The van der Waals surface area contributed by atoms with Crippen LogP contribution in [0.15, 0.2) is 18.2 Å². The number of non-ortho nitro benzene ring substituents is 1. The second kappa shape index (κ2) is 3.96. The summed E-state index contributed by atoms with van der Waals surface area (Å²) in [6.07, 6.45) is 0. The van der Waals surface area contributed by atoms with E-state index in [2.05, 4.69) is 0 Å². The van der Waals surface area contributed by atoms with E-state index in [0.29, 0.717) is 0 Å². The summed E-state index contributed by atoms with van der Waals surface area (Å²) in [5.74, 6) is 5.16. The average Bonchev–Trinajstić information content (AvgIpc) is 2.17. The summed E-state index contributed by atoms with van der Waals surface area (Å²) >= 11 is 0. The fraction of sp³-hybridized carbons (Fsp3) is 0.400. The van der Waals surface area contributed by atoms with E-state index in [4.69, 9.17) is 10.7 Å². The predicted molar refractivity (Wildman–Crippen MR) is 56.1 cm³/mol. The summed E-state index contributed by atoms with van der Waals surface area (Å²) in [6, 6.07) is 4.64. The van der Waals surface area contributed by atoms with Gasteiger partial charge >= 0.3 is 0 Å². The van der Waals surface area contributed by atoms with E-state index >= 15 is 0 Å². The number of benzene rings is 1. The summed E-state index contributed by atoms with van der Waals surface area (Å²) in [5.41, 5.74) is 0.951. The smallest absolute Gasteiger partial charge is 0.269 e. The summed E-state index contributed by atoms with van der Waals surface area (Å²) < 4.78 is 0. The van der Waals surface area contributed by atoms with Gasteiger partial charge in [0.2, 0.25) is 0 Å². The van der Waals surface area contributed by atoms with E-state index in [1.165, 1.54) is 12.1 Å². The van der Waals surface area contributed by atoms with Crippen molar-refractivity contribution in [2.75, 3.05) is 0 Å². The molecule has 0 aliphatic rings. The van der Waals surface area contributed by atoms with E-state index < -0.39 is 10.5 Å². The molecule has 0 heterocycles. The van der Waals surface area contributed by atoms with Crippen molar-refractivity contribution < 1.29 is 9.76 Å². The molecule has 0 fully saturated rings. The summed E-state index contributed by atoms with van der Waals surface area (Å²) in [6.45, 7) is 5.39. The van der Waals surface area contributed by atoms with Crippen molar-refractivity contribution in [2.24, 2.45) is 5.90 Å². The number of aryl methyl sites for hydroxylation is 1. The lowest BCUT2D eigenvalue weighted by molar-refractivity contribution is -0.385. The molecule has 5 nitrogen and oxygen atoms in total. The lowest BCUT2D eigenvalue weighted by Crippen LogP contribution is -2.26. The van der Waals surface area contributed by atoms with E-state index in [1.807, 2.05) is 6.92 Å². The van der Waals surface area contributed by atoms with E-state index in [-0.39, 0.29) is 5.69 Å². The van der Waals surface area contributed by atoms with Crippen molar-refractivity contribution in [2.45, 2.75) is 26.4 Å². The fourth-order valence-electron chi connectivity index (χ4n) is 1.44. The Morgan fingerprint density at radius 3 is 2.53 bits per heavy atom. The van der Waals surface area contributed by atoms with Crippen molar-refractivity contribution in [1.29, 1.82) is 0 Å². The monoisotopic (exact) mass is 210 g/mol. The molecule has 1 rings (SSSR count). The van der Waals surface area contributed by atoms with Crippen LogP contribution in [0.1, 0.15) is 25.0 Å². The van der Waals surface area contributed by atoms with Gasteiger partial charge < -0.3 is 0 Å². The molecule has 82 valence electrons. The third-order valence-electron chi connectivity index (χ3n) is 2.38. The van der Waals surface area contributed by atoms with Gasteiger partial charge in [0.05, 0.1) is 4.92 Å². The van der Waals surface area contributed by atoms with Crippen LogP contribution in [0.2, 0.25) is 0 Å². The van der Waals surface area contributed by atoms with Crippen LogP contribution in [0, 0.1) is 17.0 Å². The SMILES string of the molecule is Cc1ccc([N+](=O)[O-])cc1C(C)(C)ON. The number of nitrogens with zero attached hydrogens (tertiary/aromatic N) is 1. The fourth-order valence-corrected chi connectivity index (χ4v) is 1.44. The predicted octanol–water partition coefficient (Wildman–Crippen LogP) is 2.03. The van der Waals surface area contributed by atoms with Gasteiger partial charge in [-0.1, -0.05) is 6.07 Å². The lowest BCUT2D eigenvalue weighted by Gasteiger charge is -2.23. The second-order valence-electron chi connectivity index (χ2n) is 3.88. The number of nitro groups is 1. The van der Waals surface area contributed by atoms with Gasteiger partial charge in [0, 0.05) is 12.1 Å². The minimum absolute atomic E-state index is 0.0423. The second-order valence-corrected chi connectivity index (χ2v) is 3.88. The minimum atomic E-state index is -0.726. The zero-order valence-corrected chi connectivity index (χ0v) is 8.98. The Kier molecular flexibility index (Phi) is 3.06. The van der Waals surface area contributed by atoms with Gasteiger partial charge in [0.1, 0.15) is 5.60 Å². The Hall–Kier alpha value is -1.46. The molecule has 0 amide bonds. The van der Waals surface area contributed by atoms with Gasteiger partial charge in [-0.15, -0.1) is 0 Å². The van der Waals surface area contributed by atoms with Crippen LogP contribution < -0.4 is 5.90 Å². The maximum Gasteiger partial charge on any atom is 0.269 e. The van der Waals surface area contributed by atoms with Crippen LogP contribution in [-0.2, 0) is 10.4 Å². The number of nitrogens with two attached hydrogens (primary N) is 1. The number of hydrogen-bond donors (Lipinski definition) is 1. The van der Waals surface area contributed by atoms with Gasteiger partial charge in [-0.25, -0.2) is 5.90 Å². The Morgan fingerprint density at radius 1 is 1.47 bits per heavy atom. The summed E-state index contributed by atoms with van der Waals surface area (Å²) in [7, 11) is 0. The van der Waals surface area contributed by atoms with Gasteiger partial charge in [-0.2, -0.15) is 0 Å². The third kappa shape index (κ3) is 2.31. The van der Waals surface area contributed by atoms with Crippen LogP contribution >= 0.6 is 0 Å². The highest BCUT2D eigenvalue weighted by Gasteiger charge is 2.24. The molecular formula is C10H14N2O3. The van der Waals surface area contributed by atoms with Crippen molar-refractivity contribution in [3.63, 3.8) is 0 Å². The van der Waals surface area contributed by atoms with Gasteiger partial charge in [0.25, 0.3) is 5.69 Å². The zero-order chi connectivity index (χ0) is 11.6. The highest BCUT2D eigenvalue weighted by molar-refractivity contribution is 5.41. The molecule has 0 aromatic heterocycles. The van der Waals surface area contributed by atoms with Crippen LogP contribution in [0.3, 0.4) is 0 Å². The maximum atomic E-state index is 10.6. The molecule has 0 saturated carbocycles. The first-order valence-corrected chi connectivity index (χ1v) is 4.52. The van der Waals surface area contributed by atoms with Crippen molar-refractivity contribution >= 4 is 5.69 Å². The minimum Gasteiger partial charge on any atom is -0.294 e. The number of rotatable bonds is 3. The topological polar surface area (TPSA) is 78.4 Å². The first-order valence-electron chi connectivity index (χ1n) is 4.52. The van der Waals surface area contributed by atoms with Crippen molar-refractivity contribution in [3.8, 4) is 0 Å². The Morgan fingerprint density at radius 2 is 2.07 bits per heavy atom. The normalized spacial score (nSPS) is 11.5. The van der Waals surface area contributed by atoms with Crippen molar-refractivity contribution in [1.82, 2.24) is 0 Å². The molecular weight excluding hydrogens is 196 g/mol. The molecule has 0 spiro atoms. The van der Waals surface area contributed by atoms with E-state index in [1.54, 1.807) is 19.9 Å². The number of nitro benzene ring substituents is 1. The quantitative estimate of drug-likeness (QED) is 0.611. The standard InChI is InChI=1S/C10H14N2O3/c1-7-4-5-8(12(13)14)6-9(7)10(2,3)15-11/h4-6H,11H2,1-3H3. The molecule has 0 atom stereocenters. The first kappa shape index (κ1) is 11.6. The molecule has 0 radical (unpaired) electrons. The lowest BCUT2D eigenvalue weighted by atomic mass is 9.93. The Balaban J connectivity index is 3.28. The van der Waals surface area contributed by atoms with E-state index in [0.717, 1.165) is 11.1 Å².